The minimum Gasteiger partial charge on any atom is -0.356 e. The molecule has 2 atom stereocenters. The Bertz CT molecular complexity index is 462. The van der Waals surface area contributed by atoms with E-state index in [2.05, 4.69) is 47.3 Å². The fourth-order valence-electron chi connectivity index (χ4n) is 3.86. The molecule has 21 heavy (non-hydrogen) atoms. The number of rotatable bonds is 4. The van der Waals surface area contributed by atoms with Crippen LogP contribution in [0.3, 0.4) is 0 Å². The van der Waals surface area contributed by atoms with Crippen LogP contribution in [0.4, 0.5) is 5.82 Å². The largest absolute Gasteiger partial charge is 0.356 e. The summed E-state index contributed by atoms with van der Waals surface area (Å²) in [7, 11) is 2.29. The van der Waals surface area contributed by atoms with Crippen LogP contribution in [0, 0.1) is 5.92 Å². The van der Waals surface area contributed by atoms with Gasteiger partial charge in [0, 0.05) is 25.7 Å². The van der Waals surface area contributed by atoms with E-state index in [1.807, 2.05) is 0 Å². The number of likely N-dealkylation sites (tertiary alicyclic amines) is 1. The lowest BCUT2D eigenvalue weighted by Gasteiger charge is -2.46. The Morgan fingerprint density at radius 1 is 1.29 bits per heavy atom. The van der Waals surface area contributed by atoms with Crippen molar-refractivity contribution >= 4 is 5.82 Å². The predicted molar refractivity (Wildman–Crippen MR) is 87.6 cm³/mol. The van der Waals surface area contributed by atoms with E-state index in [0.29, 0.717) is 0 Å². The standard InChI is InChI=1S/C17H28N4/c1-3-18-12-15-7-4-8-17(19-15)21-11-9-16-14(13-21)6-5-10-20(16)2/h4,7-8,14,16,18H,3,5-6,9-13H2,1-2H3. The van der Waals surface area contributed by atoms with Gasteiger partial charge in [0.1, 0.15) is 5.82 Å². The van der Waals surface area contributed by atoms with Crippen molar-refractivity contribution < 1.29 is 0 Å². The Morgan fingerprint density at radius 3 is 3.05 bits per heavy atom. The molecule has 1 aromatic heterocycles. The van der Waals surface area contributed by atoms with E-state index in [4.69, 9.17) is 4.98 Å². The third kappa shape index (κ3) is 3.38. The van der Waals surface area contributed by atoms with Crippen LogP contribution in [0.1, 0.15) is 31.9 Å². The van der Waals surface area contributed by atoms with E-state index < -0.39 is 0 Å². The SMILES string of the molecule is CCNCc1cccc(N2CCC3C(CCCN3C)C2)n1. The zero-order valence-corrected chi connectivity index (χ0v) is 13.4. The number of nitrogens with zero attached hydrogens (tertiary/aromatic N) is 3. The fraction of sp³-hybridized carbons (Fsp3) is 0.706. The van der Waals surface area contributed by atoms with Gasteiger partial charge in [-0.15, -0.1) is 0 Å². The van der Waals surface area contributed by atoms with Gasteiger partial charge >= 0.3 is 0 Å². The van der Waals surface area contributed by atoms with Gasteiger partial charge in [0.25, 0.3) is 0 Å². The topological polar surface area (TPSA) is 31.4 Å². The van der Waals surface area contributed by atoms with Crippen LogP contribution in [0.15, 0.2) is 18.2 Å². The molecular weight excluding hydrogens is 260 g/mol. The second-order valence-electron chi connectivity index (χ2n) is 6.45. The maximum Gasteiger partial charge on any atom is 0.128 e. The van der Waals surface area contributed by atoms with Gasteiger partial charge in [-0.3, -0.25) is 0 Å². The van der Waals surface area contributed by atoms with Crippen LogP contribution in [0.2, 0.25) is 0 Å². The Labute approximate surface area is 128 Å². The van der Waals surface area contributed by atoms with Crippen LogP contribution in [0.5, 0.6) is 0 Å². The summed E-state index contributed by atoms with van der Waals surface area (Å²) in [6.07, 6.45) is 4.00. The van der Waals surface area contributed by atoms with E-state index in [9.17, 15) is 0 Å². The summed E-state index contributed by atoms with van der Waals surface area (Å²) in [5, 5.41) is 3.36. The van der Waals surface area contributed by atoms with E-state index in [1.165, 1.54) is 32.4 Å². The lowest BCUT2D eigenvalue weighted by Crippen LogP contribution is -2.52. The fourth-order valence-corrected chi connectivity index (χ4v) is 3.86. The molecule has 3 rings (SSSR count). The highest BCUT2D eigenvalue weighted by atomic mass is 15.2. The maximum atomic E-state index is 4.84. The maximum absolute atomic E-state index is 4.84. The van der Waals surface area contributed by atoms with Gasteiger partial charge in [-0.25, -0.2) is 4.98 Å². The second kappa shape index (κ2) is 6.75. The minimum atomic E-state index is 0.792. The van der Waals surface area contributed by atoms with Gasteiger partial charge < -0.3 is 15.1 Å². The molecule has 4 heteroatoms. The van der Waals surface area contributed by atoms with Crippen molar-refractivity contribution in [2.75, 3.05) is 38.1 Å². The van der Waals surface area contributed by atoms with E-state index in [0.717, 1.165) is 43.1 Å². The minimum absolute atomic E-state index is 0.792. The zero-order chi connectivity index (χ0) is 14.7. The molecule has 4 nitrogen and oxygen atoms in total. The summed E-state index contributed by atoms with van der Waals surface area (Å²) in [6.45, 7) is 7.58. The molecule has 0 aromatic carbocycles. The third-order valence-electron chi connectivity index (χ3n) is 5.02. The molecule has 0 aliphatic carbocycles. The highest BCUT2D eigenvalue weighted by Crippen LogP contribution is 2.31. The molecule has 116 valence electrons. The number of nitrogens with one attached hydrogen (secondary N) is 1. The smallest absolute Gasteiger partial charge is 0.128 e. The van der Waals surface area contributed by atoms with Crippen LogP contribution >= 0.6 is 0 Å². The molecule has 2 aliphatic rings. The van der Waals surface area contributed by atoms with E-state index >= 15 is 0 Å². The molecule has 2 aliphatic heterocycles. The summed E-state index contributed by atoms with van der Waals surface area (Å²) in [4.78, 5) is 9.91. The Hall–Kier alpha value is -1.13. The molecule has 0 bridgehead atoms. The summed E-state index contributed by atoms with van der Waals surface area (Å²) in [5.41, 5.74) is 1.15. The van der Waals surface area contributed by atoms with Gasteiger partial charge in [0.05, 0.1) is 5.69 Å². The van der Waals surface area contributed by atoms with Crippen LogP contribution < -0.4 is 10.2 Å². The van der Waals surface area contributed by atoms with Crippen molar-refractivity contribution in [1.82, 2.24) is 15.2 Å². The molecule has 0 radical (unpaired) electrons. The van der Waals surface area contributed by atoms with Crippen molar-refractivity contribution in [3.05, 3.63) is 23.9 Å². The Kier molecular flexibility index (Phi) is 4.76. The van der Waals surface area contributed by atoms with Crippen molar-refractivity contribution in [3.8, 4) is 0 Å². The lowest BCUT2D eigenvalue weighted by molar-refractivity contribution is 0.102. The first-order valence-corrected chi connectivity index (χ1v) is 8.39. The number of pyridine rings is 1. The number of hydrogen-bond acceptors (Lipinski definition) is 4. The first-order valence-electron chi connectivity index (χ1n) is 8.39. The summed E-state index contributed by atoms with van der Waals surface area (Å²) in [5.74, 6) is 1.98. The quantitative estimate of drug-likeness (QED) is 0.919. The number of piperidine rings is 2. The van der Waals surface area contributed by atoms with Gasteiger partial charge in [-0.05, 0) is 57.5 Å². The third-order valence-corrected chi connectivity index (χ3v) is 5.02. The predicted octanol–water partition coefficient (Wildman–Crippen LogP) is 2.11. The first kappa shape index (κ1) is 14.8. The lowest BCUT2D eigenvalue weighted by atomic mass is 9.84. The monoisotopic (exact) mass is 288 g/mol. The highest BCUT2D eigenvalue weighted by molar-refractivity contribution is 5.40. The molecule has 1 N–H and O–H groups in total. The van der Waals surface area contributed by atoms with Crippen molar-refractivity contribution in [1.29, 1.82) is 0 Å². The number of fused-ring (bicyclic) bond motifs is 1. The molecule has 3 heterocycles. The summed E-state index contributed by atoms with van der Waals surface area (Å²) < 4.78 is 0. The van der Waals surface area contributed by atoms with Crippen LogP contribution in [-0.4, -0.2) is 49.2 Å². The van der Waals surface area contributed by atoms with Gasteiger partial charge in [-0.2, -0.15) is 0 Å². The second-order valence-corrected chi connectivity index (χ2v) is 6.45. The number of hydrogen-bond donors (Lipinski definition) is 1. The molecule has 0 saturated carbocycles. The highest BCUT2D eigenvalue weighted by Gasteiger charge is 2.34. The number of aromatic nitrogens is 1. The van der Waals surface area contributed by atoms with Crippen molar-refractivity contribution in [2.24, 2.45) is 5.92 Å². The molecular formula is C17H28N4. The van der Waals surface area contributed by atoms with Gasteiger partial charge in [0.2, 0.25) is 0 Å². The first-order chi connectivity index (χ1) is 10.3. The van der Waals surface area contributed by atoms with Crippen LogP contribution in [0.25, 0.3) is 0 Å². The molecule has 0 amide bonds. The van der Waals surface area contributed by atoms with Crippen LogP contribution in [-0.2, 0) is 6.54 Å². The zero-order valence-electron chi connectivity index (χ0n) is 13.4. The van der Waals surface area contributed by atoms with E-state index in [1.54, 1.807) is 0 Å². The summed E-state index contributed by atoms with van der Waals surface area (Å²) >= 11 is 0. The Morgan fingerprint density at radius 2 is 2.19 bits per heavy atom. The average molecular weight is 288 g/mol. The van der Waals surface area contributed by atoms with E-state index in [-0.39, 0.29) is 0 Å². The number of anilines is 1. The molecule has 2 unspecified atom stereocenters. The average Bonchev–Trinajstić information content (AvgIpc) is 2.53. The van der Waals surface area contributed by atoms with Gasteiger partial charge in [-0.1, -0.05) is 13.0 Å². The Balaban J connectivity index is 1.67. The van der Waals surface area contributed by atoms with Crippen molar-refractivity contribution in [3.63, 3.8) is 0 Å². The van der Waals surface area contributed by atoms with Crippen molar-refractivity contribution in [2.45, 2.75) is 38.8 Å². The summed E-state index contributed by atoms with van der Waals surface area (Å²) in [6, 6.07) is 7.23. The van der Waals surface area contributed by atoms with Gasteiger partial charge in [0.15, 0.2) is 0 Å². The molecule has 0 spiro atoms. The molecule has 2 saturated heterocycles. The molecule has 1 aromatic rings. The normalized spacial score (nSPS) is 26.7. The molecule has 2 fully saturated rings.